The Bertz CT molecular complexity index is 1790. The van der Waals surface area contributed by atoms with Crippen molar-refractivity contribution in [3.05, 3.63) is 161 Å². The number of aliphatic carboxylic acids is 1. The Balaban J connectivity index is 1.19. The average molecular weight is 625 g/mol. The first-order valence-corrected chi connectivity index (χ1v) is 15.9. The molecule has 2 atom stereocenters. The van der Waals surface area contributed by atoms with Crippen LogP contribution < -0.4 is 10.1 Å². The van der Waals surface area contributed by atoms with Gasteiger partial charge in [-0.25, -0.2) is 9.59 Å². The van der Waals surface area contributed by atoms with Crippen LogP contribution in [0.4, 0.5) is 4.79 Å². The van der Waals surface area contributed by atoms with Crippen molar-refractivity contribution in [3.8, 4) is 16.9 Å². The summed E-state index contributed by atoms with van der Waals surface area (Å²) in [5.41, 5.74) is 6.57. The van der Waals surface area contributed by atoms with E-state index in [9.17, 15) is 14.7 Å². The van der Waals surface area contributed by atoms with E-state index in [2.05, 4.69) is 53.8 Å². The van der Waals surface area contributed by atoms with Crippen molar-refractivity contribution in [2.45, 2.75) is 30.0 Å². The highest BCUT2D eigenvalue weighted by Gasteiger charge is 2.46. The molecule has 0 radical (unpaired) electrons. The van der Waals surface area contributed by atoms with Crippen molar-refractivity contribution in [3.63, 3.8) is 0 Å². The Morgan fingerprint density at radius 3 is 1.79 bits per heavy atom. The van der Waals surface area contributed by atoms with E-state index in [1.165, 1.54) is 4.90 Å². The standard InChI is InChI=1S/C40H36N2O5/c1-46-31-22-20-29(21-23-31)40(27-12-4-2-5-13-27,28-14-6-3-7-15-28)41-30-24-37(38(43)44)42(25-30)39(45)47-26-36-34-18-10-8-16-32(34)33-17-9-11-19-35(33)36/h2-23,30,36-37,41H,24-26H2,1H3,(H,43,44)/t30-,37+/m1/s1. The highest BCUT2D eigenvalue weighted by molar-refractivity contribution is 5.82. The number of nitrogens with zero attached hydrogens (tertiary/aromatic N) is 1. The zero-order chi connectivity index (χ0) is 32.4. The lowest BCUT2D eigenvalue weighted by molar-refractivity contribution is -0.141. The molecule has 236 valence electrons. The Hall–Kier alpha value is -5.40. The third-order valence-corrected chi connectivity index (χ3v) is 9.51. The fraction of sp³-hybridized carbons (Fsp3) is 0.200. The highest BCUT2D eigenvalue weighted by Crippen LogP contribution is 2.45. The number of fused-ring (bicyclic) bond motifs is 3. The second-order valence-corrected chi connectivity index (χ2v) is 12.1. The van der Waals surface area contributed by atoms with Crippen molar-refractivity contribution in [2.24, 2.45) is 0 Å². The van der Waals surface area contributed by atoms with Crippen LogP contribution in [0.5, 0.6) is 5.75 Å². The Labute approximate surface area is 274 Å². The summed E-state index contributed by atoms with van der Waals surface area (Å²) in [5.74, 6) is -0.445. The maximum atomic E-state index is 13.7. The van der Waals surface area contributed by atoms with E-state index in [4.69, 9.17) is 9.47 Å². The van der Waals surface area contributed by atoms with E-state index in [1.807, 2.05) is 84.9 Å². The topological polar surface area (TPSA) is 88.1 Å². The van der Waals surface area contributed by atoms with Gasteiger partial charge in [-0.1, -0.05) is 121 Å². The van der Waals surface area contributed by atoms with Gasteiger partial charge in [-0.15, -0.1) is 0 Å². The molecule has 2 N–H and O–H groups in total. The number of likely N-dealkylation sites (tertiary alicyclic amines) is 1. The lowest BCUT2D eigenvalue weighted by atomic mass is 9.76. The first kappa shape index (κ1) is 30.3. The van der Waals surface area contributed by atoms with Gasteiger partial charge in [0, 0.05) is 18.5 Å². The Kier molecular flexibility index (Phi) is 8.23. The summed E-state index contributed by atoms with van der Waals surface area (Å²) in [5, 5.41) is 14.2. The number of carboxylic acid groups (broad SMARTS) is 1. The summed E-state index contributed by atoms with van der Waals surface area (Å²) in [6.45, 7) is 0.294. The van der Waals surface area contributed by atoms with Gasteiger partial charge in [-0.05, 0) is 57.5 Å². The van der Waals surface area contributed by atoms with Crippen LogP contribution in [0.2, 0.25) is 0 Å². The number of amides is 1. The minimum absolute atomic E-state index is 0.120. The highest BCUT2D eigenvalue weighted by atomic mass is 16.6. The van der Waals surface area contributed by atoms with E-state index in [0.29, 0.717) is 0 Å². The molecule has 1 aliphatic carbocycles. The number of carbonyl (C=O) groups excluding carboxylic acids is 1. The molecule has 0 spiro atoms. The number of hydrogen-bond donors (Lipinski definition) is 2. The molecule has 0 saturated carbocycles. The van der Waals surface area contributed by atoms with Gasteiger partial charge >= 0.3 is 12.1 Å². The van der Waals surface area contributed by atoms with Crippen LogP contribution in [0.3, 0.4) is 0 Å². The lowest BCUT2D eigenvalue weighted by Crippen LogP contribution is -2.50. The van der Waals surface area contributed by atoms with Crippen LogP contribution in [-0.2, 0) is 15.1 Å². The van der Waals surface area contributed by atoms with Gasteiger partial charge < -0.3 is 14.6 Å². The van der Waals surface area contributed by atoms with E-state index >= 15 is 0 Å². The van der Waals surface area contributed by atoms with E-state index in [0.717, 1.165) is 44.7 Å². The zero-order valence-electron chi connectivity index (χ0n) is 26.1. The molecular weight excluding hydrogens is 588 g/mol. The first-order chi connectivity index (χ1) is 23.0. The quantitative estimate of drug-likeness (QED) is 0.171. The van der Waals surface area contributed by atoms with Gasteiger partial charge in [0.1, 0.15) is 18.4 Å². The SMILES string of the molecule is COc1ccc(C(N[C@@H]2C[C@@H](C(=O)O)N(C(=O)OCC3c4ccccc4-c4ccccc43)C2)(c2ccccc2)c2ccccc2)cc1. The van der Waals surface area contributed by atoms with E-state index < -0.39 is 23.6 Å². The fourth-order valence-corrected chi connectivity index (χ4v) is 7.33. The van der Waals surface area contributed by atoms with Crippen LogP contribution in [0, 0.1) is 0 Å². The summed E-state index contributed by atoms with van der Waals surface area (Å²) < 4.78 is 11.4. The number of carboxylic acids is 1. The van der Waals surface area contributed by atoms with Crippen LogP contribution in [0.25, 0.3) is 11.1 Å². The summed E-state index contributed by atoms with van der Waals surface area (Å²) in [7, 11) is 1.64. The maximum Gasteiger partial charge on any atom is 0.410 e. The first-order valence-electron chi connectivity index (χ1n) is 15.9. The van der Waals surface area contributed by atoms with Gasteiger partial charge in [0.25, 0.3) is 0 Å². The normalized spacial score (nSPS) is 17.2. The number of benzene rings is 5. The molecule has 5 aromatic carbocycles. The molecule has 7 heteroatoms. The van der Waals surface area contributed by atoms with Crippen molar-refractivity contribution < 1.29 is 24.2 Å². The molecule has 7 rings (SSSR count). The van der Waals surface area contributed by atoms with Gasteiger partial charge in [0.05, 0.1) is 12.6 Å². The Morgan fingerprint density at radius 1 is 0.745 bits per heavy atom. The second-order valence-electron chi connectivity index (χ2n) is 12.1. The number of methoxy groups -OCH3 is 1. The van der Waals surface area contributed by atoms with Crippen LogP contribution in [-0.4, -0.2) is 54.4 Å². The molecule has 0 aromatic heterocycles. The smallest absolute Gasteiger partial charge is 0.410 e. The predicted molar refractivity (Wildman–Crippen MR) is 180 cm³/mol. The van der Waals surface area contributed by atoms with Crippen molar-refractivity contribution in [1.82, 2.24) is 10.2 Å². The Morgan fingerprint density at radius 2 is 1.26 bits per heavy atom. The third kappa shape index (κ3) is 5.53. The monoisotopic (exact) mass is 624 g/mol. The van der Waals surface area contributed by atoms with Crippen LogP contribution in [0.15, 0.2) is 133 Å². The number of ether oxygens (including phenoxy) is 2. The largest absolute Gasteiger partial charge is 0.497 e. The molecule has 2 aliphatic rings. The summed E-state index contributed by atoms with van der Waals surface area (Å²) in [6.07, 6.45) is -0.407. The second kappa shape index (κ2) is 12.8. The van der Waals surface area contributed by atoms with Gasteiger partial charge in [0.2, 0.25) is 0 Å². The zero-order valence-corrected chi connectivity index (χ0v) is 26.1. The molecule has 1 aliphatic heterocycles. The molecule has 1 amide bonds. The summed E-state index contributed by atoms with van der Waals surface area (Å²) in [6, 6.07) is 43.0. The van der Waals surface area contributed by atoms with E-state index in [1.54, 1.807) is 7.11 Å². The molecular formula is C40H36N2O5. The van der Waals surface area contributed by atoms with Crippen LogP contribution in [0.1, 0.15) is 40.2 Å². The summed E-state index contributed by atoms with van der Waals surface area (Å²) in [4.78, 5) is 27.7. The molecule has 0 bridgehead atoms. The average Bonchev–Trinajstić information content (AvgIpc) is 3.70. The fourth-order valence-electron chi connectivity index (χ4n) is 7.33. The summed E-state index contributed by atoms with van der Waals surface area (Å²) >= 11 is 0. The van der Waals surface area contributed by atoms with Gasteiger partial charge in [-0.3, -0.25) is 10.2 Å². The maximum absolute atomic E-state index is 13.7. The molecule has 1 heterocycles. The third-order valence-electron chi connectivity index (χ3n) is 9.51. The van der Waals surface area contributed by atoms with E-state index in [-0.39, 0.29) is 31.5 Å². The van der Waals surface area contributed by atoms with Gasteiger partial charge in [-0.2, -0.15) is 0 Å². The molecule has 7 nitrogen and oxygen atoms in total. The number of rotatable bonds is 9. The number of carbonyl (C=O) groups is 2. The van der Waals surface area contributed by atoms with Crippen LogP contribution >= 0.6 is 0 Å². The number of nitrogens with one attached hydrogen (secondary N) is 1. The van der Waals surface area contributed by atoms with Crippen molar-refractivity contribution in [2.75, 3.05) is 20.3 Å². The molecule has 0 unspecified atom stereocenters. The molecule has 1 saturated heterocycles. The van der Waals surface area contributed by atoms with Crippen molar-refractivity contribution >= 4 is 12.1 Å². The van der Waals surface area contributed by atoms with Gasteiger partial charge in [0.15, 0.2) is 0 Å². The minimum Gasteiger partial charge on any atom is -0.497 e. The molecule has 1 fully saturated rings. The predicted octanol–water partition coefficient (Wildman–Crippen LogP) is 7.05. The molecule has 47 heavy (non-hydrogen) atoms. The number of hydrogen-bond acceptors (Lipinski definition) is 5. The van der Waals surface area contributed by atoms with Crippen molar-refractivity contribution in [1.29, 1.82) is 0 Å². The molecule has 5 aromatic rings. The minimum atomic E-state index is -1.06. The lowest BCUT2D eigenvalue weighted by Gasteiger charge is -2.39.